The number of hydrogen-bond donors (Lipinski definition) is 0. The number of benzene rings is 1. The monoisotopic (exact) mass is 260 g/mol. The highest BCUT2D eigenvalue weighted by atomic mass is 16.5. The number of Topliss-reactive ketones (excluding diaryl/α,β-unsaturated/α-hetero) is 1. The summed E-state index contributed by atoms with van der Waals surface area (Å²) in [6, 6.07) is 10.1. The zero-order chi connectivity index (χ0) is 13.7. The average Bonchev–Trinajstić information content (AvgIpc) is 2.93. The second-order valence-electron chi connectivity index (χ2n) is 5.94. The molecule has 0 aromatic heterocycles. The normalized spacial score (nSPS) is 19.6. The van der Waals surface area contributed by atoms with E-state index in [-0.39, 0.29) is 5.41 Å². The maximum Gasteiger partial charge on any atom is 0.142 e. The highest BCUT2D eigenvalue weighted by Gasteiger charge is 2.28. The molecule has 1 aliphatic heterocycles. The van der Waals surface area contributed by atoms with Crippen molar-refractivity contribution in [3.63, 3.8) is 0 Å². The molecular weight excluding hydrogens is 236 g/mol. The van der Waals surface area contributed by atoms with Gasteiger partial charge in [-0.2, -0.15) is 0 Å². The zero-order valence-corrected chi connectivity index (χ0v) is 12.0. The van der Waals surface area contributed by atoms with Gasteiger partial charge < -0.3 is 4.74 Å². The summed E-state index contributed by atoms with van der Waals surface area (Å²) in [7, 11) is 0. The first-order chi connectivity index (χ1) is 9.10. The van der Waals surface area contributed by atoms with Crippen LogP contribution in [0.1, 0.15) is 51.5 Å². The van der Waals surface area contributed by atoms with Gasteiger partial charge in [-0.1, -0.05) is 30.3 Å². The molecule has 0 amide bonds. The third-order valence-electron chi connectivity index (χ3n) is 4.15. The minimum Gasteiger partial charge on any atom is -0.378 e. The molecule has 0 saturated carbocycles. The van der Waals surface area contributed by atoms with Crippen molar-refractivity contribution in [3.8, 4) is 0 Å². The van der Waals surface area contributed by atoms with Crippen molar-refractivity contribution >= 4 is 5.78 Å². The van der Waals surface area contributed by atoms with Gasteiger partial charge in [-0.05, 0) is 45.1 Å². The summed E-state index contributed by atoms with van der Waals surface area (Å²) in [5.41, 5.74) is 0.731. The predicted molar refractivity (Wildman–Crippen MR) is 77.3 cm³/mol. The number of ether oxygens (including phenoxy) is 1. The van der Waals surface area contributed by atoms with Gasteiger partial charge in [0.2, 0.25) is 0 Å². The smallest absolute Gasteiger partial charge is 0.142 e. The van der Waals surface area contributed by atoms with Crippen molar-refractivity contribution in [2.45, 2.75) is 57.5 Å². The molecule has 2 nitrogen and oxygen atoms in total. The zero-order valence-electron chi connectivity index (χ0n) is 12.0. The number of rotatable bonds is 6. The van der Waals surface area contributed by atoms with Crippen LogP contribution in [-0.2, 0) is 14.9 Å². The lowest BCUT2D eigenvalue weighted by molar-refractivity contribution is -0.123. The van der Waals surface area contributed by atoms with E-state index < -0.39 is 0 Å². The number of ketones is 1. The topological polar surface area (TPSA) is 26.3 Å². The Balaban J connectivity index is 1.84. The Hall–Kier alpha value is -1.15. The molecule has 0 aliphatic carbocycles. The Bertz CT molecular complexity index is 403. The van der Waals surface area contributed by atoms with E-state index in [1.165, 1.54) is 6.42 Å². The van der Waals surface area contributed by atoms with E-state index in [9.17, 15) is 4.79 Å². The Morgan fingerprint density at radius 2 is 2.05 bits per heavy atom. The van der Waals surface area contributed by atoms with E-state index in [0.717, 1.165) is 31.4 Å². The molecule has 19 heavy (non-hydrogen) atoms. The van der Waals surface area contributed by atoms with Gasteiger partial charge in [0.05, 0.1) is 6.10 Å². The van der Waals surface area contributed by atoms with E-state index in [1.807, 2.05) is 44.2 Å². The van der Waals surface area contributed by atoms with Crippen LogP contribution in [-0.4, -0.2) is 18.5 Å². The quantitative estimate of drug-likeness (QED) is 0.776. The first-order valence-electron chi connectivity index (χ1n) is 7.31. The Morgan fingerprint density at radius 3 is 2.68 bits per heavy atom. The maximum absolute atomic E-state index is 12.4. The van der Waals surface area contributed by atoms with Crippen molar-refractivity contribution < 1.29 is 9.53 Å². The Kier molecular flexibility index (Phi) is 4.76. The molecule has 0 spiro atoms. The Morgan fingerprint density at radius 1 is 1.32 bits per heavy atom. The molecule has 1 aliphatic rings. The molecule has 0 N–H and O–H groups in total. The lowest BCUT2D eigenvalue weighted by Gasteiger charge is -2.24. The molecule has 1 unspecified atom stereocenters. The number of carbonyl (C=O) groups excluding carboxylic acids is 1. The van der Waals surface area contributed by atoms with E-state index in [2.05, 4.69) is 0 Å². The van der Waals surface area contributed by atoms with Crippen LogP contribution in [0.15, 0.2) is 30.3 Å². The summed E-state index contributed by atoms with van der Waals surface area (Å²) >= 11 is 0. The van der Waals surface area contributed by atoms with Crippen LogP contribution >= 0.6 is 0 Å². The van der Waals surface area contributed by atoms with Crippen molar-refractivity contribution in [1.82, 2.24) is 0 Å². The molecule has 1 heterocycles. The van der Waals surface area contributed by atoms with Gasteiger partial charge in [0.25, 0.3) is 0 Å². The third-order valence-corrected chi connectivity index (χ3v) is 4.15. The highest BCUT2D eigenvalue weighted by molar-refractivity contribution is 5.89. The van der Waals surface area contributed by atoms with Gasteiger partial charge in [0.15, 0.2) is 0 Å². The van der Waals surface area contributed by atoms with Crippen molar-refractivity contribution in [2.24, 2.45) is 0 Å². The fourth-order valence-electron chi connectivity index (χ4n) is 2.69. The standard InChI is InChI=1S/C17H24O2/c1-17(2,14-8-4-3-5-9-14)16(18)12-6-10-15-11-7-13-19-15/h3-5,8-9,15H,6-7,10-13H2,1-2H3. The SMILES string of the molecule is CC(C)(C(=O)CCCC1CCCO1)c1ccccc1. The lowest BCUT2D eigenvalue weighted by Crippen LogP contribution is -2.29. The van der Waals surface area contributed by atoms with Crippen LogP contribution in [0.5, 0.6) is 0 Å². The summed E-state index contributed by atoms with van der Waals surface area (Å²) in [4.78, 5) is 12.4. The van der Waals surface area contributed by atoms with Gasteiger partial charge in [-0.15, -0.1) is 0 Å². The molecule has 104 valence electrons. The first-order valence-corrected chi connectivity index (χ1v) is 7.31. The third kappa shape index (κ3) is 3.66. The molecule has 1 aromatic carbocycles. The summed E-state index contributed by atoms with van der Waals surface area (Å²) in [6.45, 7) is 4.95. The molecule has 1 atom stereocenters. The van der Waals surface area contributed by atoms with Crippen LogP contribution < -0.4 is 0 Å². The highest BCUT2D eigenvalue weighted by Crippen LogP contribution is 2.27. The van der Waals surface area contributed by atoms with Gasteiger partial charge in [-0.25, -0.2) is 0 Å². The summed E-state index contributed by atoms with van der Waals surface area (Å²) in [6.07, 6.45) is 5.36. The van der Waals surface area contributed by atoms with E-state index in [0.29, 0.717) is 18.3 Å². The molecule has 1 aromatic rings. The molecule has 1 saturated heterocycles. The minimum absolute atomic E-state index is 0.330. The largest absolute Gasteiger partial charge is 0.378 e. The number of hydrogen-bond acceptors (Lipinski definition) is 2. The van der Waals surface area contributed by atoms with Gasteiger partial charge in [0, 0.05) is 18.4 Å². The summed E-state index contributed by atoms with van der Waals surface area (Å²) in [5, 5.41) is 0. The lowest BCUT2D eigenvalue weighted by atomic mass is 9.79. The van der Waals surface area contributed by atoms with Crippen LogP contribution in [0.2, 0.25) is 0 Å². The molecular formula is C17H24O2. The van der Waals surface area contributed by atoms with Crippen LogP contribution in [0.25, 0.3) is 0 Å². The Labute approximate surface area is 116 Å². The van der Waals surface area contributed by atoms with Crippen molar-refractivity contribution in [1.29, 1.82) is 0 Å². The first kappa shape index (κ1) is 14.3. The summed E-state index contributed by atoms with van der Waals surface area (Å²) in [5.74, 6) is 0.330. The van der Waals surface area contributed by atoms with E-state index in [1.54, 1.807) is 0 Å². The molecule has 0 bridgehead atoms. The van der Waals surface area contributed by atoms with Gasteiger partial charge >= 0.3 is 0 Å². The molecule has 1 fully saturated rings. The maximum atomic E-state index is 12.4. The van der Waals surface area contributed by atoms with E-state index >= 15 is 0 Å². The fourth-order valence-corrected chi connectivity index (χ4v) is 2.69. The van der Waals surface area contributed by atoms with Crippen LogP contribution in [0.3, 0.4) is 0 Å². The van der Waals surface area contributed by atoms with E-state index in [4.69, 9.17) is 4.74 Å². The van der Waals surface area contributed by atoms with Crippen LogP contribution in [0.4, 0.5) is 0 Å². The van der Waals surface area contributed by atoms with Crippen molar-refractivity contribution in [3.05, 3.63) is 35.9 Å². The van der Waals surface area contributed by atoms with Gasteiger partial charge in [-0.3, -0.25) is 4.79 Å². The molecule has 2 heteroatoms. The number of carbonyl (C=O) groups is 1. The average molecular weight is 260 g/mol. The second kappa shape index (κ2) is 6.33. The van der Waals surface area contributed by atoms with Crippen molar-refractivity contribution in [2.75, 3.05) is 6.61 Å². The fraction of sp³-hybridized carbons (Fsp3) is 0.588. The minimum atomic E-state index is -0.377. The predicted octanol–water partition coefficient (Wildman–Crippen LogP) is 3.88. The molecule has 0 radical (unpaired) electrons. The van der Waals surface area contributed by atoms with Gasteiger partial charge in [0.1, 0.15) is 5.78 Å². The molecule has 2 rings (SSSR count). The summed E-state index contributed by atoms with van der Waals surface area (Å²) < 4.78 is 5.59. The van der Waals surface area contributed by atoms with Crippen LogP contribution in [0, 0.1) is 0 Å². The second-order valence-corrected chi connectivity index (χ2v) is 5.94.